The van der Waals surface area contributed by atoms with Crippen LogP contribution >= 0.6 is 15.9 Å². The van der Waals surface area contributed by atoms with E-state index in [4.69, 9.17) is 0 Å². The molecule has 27 heavy (non-hydrogen) atoms. The number of hydrogen-bond acceptors (Lipinski definition) is 3. The van der Waals surface area contributed by atoms with Crippen molar-refractivity contribution in [1.82, 2.24) is 0 Å². The summed E-state index contributed by atoms with van der Waals surface area (Å²) < 4.78 is 28.7. The molecule has 0 atom stereocenters. The van der Waals surface area contributed by atoms with Crippen molar-refractivity contribution < 1.29 is 13.2 Å². The van der Waals surface area contributed by atoms with Crippen molar-refractivity contribution in [3.8, 4) is 0 Å². The number of halogens is 1. The molecule has 2 aromatic carbocycles. The number of benzene rings is 2. The van der Waals surface area contributed by atoms with Crippen LogP contribution in [0.2, 0.25) is 0 Å². The average Bonchev–Trinajstić information content (AvgIpc) is 3.31. The highest BCUT2D eigenvalue weighted by Gasteiger charge is 2.32. The molecule has 0 bridgehead atoms. The van der Waals surface area contributed by atoms with Crippen LogP contribution < -0.4 is 9.62 Å². The number of hydrogen-bond donors (Lipinski definition) is 1. The molecule has 7 heteroatoms. The second-order valence-electron chi connectivity index (χ2n) is 7.12. The lowest BCUT2D eigenvalue weighted by atomic mass is 10.1. The monoisotopic (exact) mass is 448 g/mol. The molecule has 2 aliphatic rings. The highest BCUT2D eigenvalue weighted by Crippen LogP contribution is 2.35. The molecule has 1 saturated carbocycles. The van der Waals surface area contributed by atoms with Crippen molar-refractivity contribution in [3.63, 3.8) is 0 Å². The van der Waals surface area contributed by atoms with E-state index >= 15 is 0 Å². The highest BCUT2D eigenvalue weighted by molar-refractivity contribution is 9.10. The minimum absolute atomic E-state index is 0.110. The lowest BCUT2D eigenvalue weighted by Gasteiger charge is -2.21. The maximum absolute atomic E-state index is 12.8. The van der Waals surface area contributed by atoms with Crippen LogP contribution in [0.25, 0.3) is 0 Å². The number of rotatable bonds is 4. The molecule has 1 N–H and O–H groups in total. The quantitative estimate of drug-likeness (QED) is 0.756. The van der Waals surface area contributed by atoms with Gasteiger partial charge in [-0.2, -0.15) is 0 Å². The van der Waals surface area contributed by atoms with Crippen LogP contribution in [0.4, 0.5) is 11.4 Å². The number of amides is 1. The third kappa shape index (κ3) is 3.75. The van der Waals surface area contributed by atoms with Crippen molar-refractivity contribution in [3.05, 3.63) is 52.5 Å². The van der Waals surface area contributed by atoms with E-state index < -0.39 is 10.0 Å². The Hall–Kier alpha value is -1.86. The van der Waals surface area contributed by atoms with Gasteiger partial charge in [0.2, 0.25) is 5.91 Å². The minimum Gasteiger partial charge on any atom is -0.312 e. The van der Waals surface area contributed by atoms with E-state index in [1.165, 1.54) is 0 Å². The summed E-state index contributed by atoms with van der Waals surface area (Å²) >= 11 is 3.31. The summed E-state index contributed by atoms with van der Waals surface area (Å²) in [4.78, 5) is 14.9. The van der Waals surface area contributed by atoms with Gasteiger partial charge in [0.25, 0.3) is 10.0 Å². The summed E-state index contributed by atoms with van der Waals surface area (Å²) in [6.07, 6.45) is 4.96. The molecular weight excluding hydrogens is 428 g/mol. The Kier molecular flexibility index (Phi) is 4.99. The Labute approximate surface area is 167 Å². The first-order valence-electron chi connectivity index (χ1n) is 9.17. The number of anilines is 2. The normalized spacial score (nSPS) is 17.1. The van der Waals surface area contributed by atoms with Gasteiger partial charge in [-0.05, 0) is 61.2 Å². The third-order valence-corrected chi connectivity index (χ3v) is 7.25. The van der Waals surface area contributed by atoms with E-state index in [1.54, 1.807) is 36.4 Å². The molecule has 0 unspecified atom stereocenters. The number of carbonyl (C=O) groups excluding carboxylic acids is 1. The van der Waals surface area contributed by atoms with Crippen molar-refractivity contribution >= 4 is 43.2 Å². The number of carbonyl (C=O) groups is 1. The Morgan fingerprint density at radius 1 is 1.07 bits per heavy atom. The Balaban J connectivity index is 1.58. The zero-order valence-electron chi connectivity index (χ0n) is 14.8. The van der Waals surface area contributed by atoms with Crippen LogP contribution in [0, 0.1) is 5.92 Å². The number of nitrogens with one attached hydrogen (secondary N) is 1. The Morgan fingerprint density at radius 3 is 2.48 bits per heavy atom. The molecule has 1 amide bonds. The summed E-state index contributed by atoms with van der Waals surface area (Å²) in [6.45, 7) is 0.674. The van der Waals surface area contributed by atoms with Crippen LogP contribution in [0.5, 0.6) is 0 Å². The molecule has 1 fully saturated rings. The second kappa shape index (κ2) is 7.28. The van der Waals surface area contributed by atoms with Gasteiger partial charge in [-0.1, -0.05) is 34.8 Å². The maximum Gasteiger partial charge on any atom is 0.261 e. The predicted molar refractivity (Wildman–Crippen MR) is 109 cm³/mol. The van der Waals surface area contributed by atoms with Gasteiger partial charge in [-0.25, -0.2) is 8.42 Å². The first-order chi connectivity index (χ1) is 12.9. The maximum atomic E-state index is 12.8. The lowest BCUT2D eigenvalue weighted by Crippen LogP contribution is -2.33. The average molecular weight is 449 g/mol. The van der Waals surface area contributed by atoms with Gasteiger partial charge in [0.05, 0.1) is 10.6 Å². The smallest absolute Gasteiger partial charge is 0.261 e. The molecule has 0 aromatic heterocycles. The standard InChI is InChI=1S/C20H21BrN2O3S/c21-16-6-9-18(10-7-16)27(25,26)22-17-8-5-14-11-12-23(19(14)13-17)20(24)15-3-1-2-4-15/h5-10,13,15,22H,1-4,11-12H2. The van der Waals surface area contributed by atoms with Crippen molar-refractivity contribution in [2.45, 2.75) is 37.0 Å². The molecule has 1 heterocycles. The third-order valence-electron chi connectivity index (χ3n) is 5.33. The molecule has 4 rings (SSSR count). The van der Waals surface area contributed by atoms with Crippen LogP contribution in [0.1, 0.15) is 31.2 Å². The van der Waals surface area contributed by atoms with Crippen LogP contribution in [-0.2, 0) is 21.2 Å². The fourth-order valence-corrected chi connectivity index (χ4v) is 5.21. The topological polar surface area (TPSA) is 66.5 Å². The highest BCUT2D eigenvalue weighted by atomic mass is 79.9. The largest absolute Gasteiger partial charge is 0.312 e. The zero-order valence-corrected chi connectivity index (χ0v) is 17.2. The molecule has 0 radical (unpaired) electrons. The SMILES string of the molecule is O=C(C1CCCC1)N1CCc2ccc(NS(=O)(=O)c3ccc(Br)cc3)cc21. The van der Waals surface area contributed by atoms with Gasteiger partial charge in [-0.15, -0.1) is 0 Å². The fourth-order valence-electron chi connectivity index (χ4n) is 3.89. The summed E-state index contributed by atoms with van der Waals surface area (Å²) in [6, 6.07) is 11.9. The van der Waals surface area contributed by atoms with Crippen molar-refractivity contribution in [1.29, 1.82) is 0 Å². The van der Waals surface area contributed by atoms with Crippen molar-refractivity contribution in [2.75, 3.05) is 16.2 Å². The van der Waals surface area contributed by atoms with Crippen molar-refractivity contribution in [2.24, 2.45) is 5.92 Å². The number of fused-ring (bicyclic) bond motifs is 1. The first kappa shape index (κ1) is 18.5. The molecule has 0 saturated heterocycles. The van der Waals surface area contributed by atoms with Gasteiger partial charge < -0.3 is 4.90 Å². The van der Waals surface area contributed by atoms with E-state index in [0.29, 0.717) is 12.2 Å². The fraction of sp³-hybridized carbons (Fsp3) is 0.350. The summed E-state index contributed by atoms with van der Waals surface area (Å²) in [5, 5.41) is 0. The summed E-state index contributed by atoms with van der Waals surface area (Å²) in [7, 11) is -3.68. The van der Waals surface area contributed by atoms with E-state index in [1.807, 2.05) is 11.0 Å². The van der Waals surface area contributed by atoms with Gasteiger partial charge in [0.15, 0.2) is 0 Å². The Morgan fingerprint density at radius 2 is 1.78 bits per heavy atom. The van der Waals surface area contributed by atoms with E-state index in [2.05, 4.69) is 20.7 Å². The Bertz CT molecular complexity index is 967. The predicted octanol–water partition coefficient (Wildman–Crippen LogP) is 4.33. The molecule has 5 nitrogen and oxygen atoms in total. The molecular formula is C20H21BrN2O3S. The van der Waals surface area contributed by atoms with Crippen LogP contribution in [-0.4, -0.2) is 20.9 Å². The summed E-state index contributed by atoms with van der Waals surface area (Å²) in [5.74, 6) is 0.290. The van der Waals surface area contributed by atoms with E-state index in [-0.39, 0.29) is 16.7 Å². The molecule has 142 valence electrons. The molecule has 1 aliphatic carbocycles. The number of sulfonamides is 1. The first-order valence-corrected chi connectivity index (χ1v) is 11.4. The molecule has 2 aromatic rings. The van der Waals surface area contributed by atoms with Gasteiger partial charge in [0, 0.05) is 22.6 Å². The van der Waals surface area contributed by atoms with Gasteiger partial charge >= 0.3 is 0 Å². The van der Waals surface area contributed by atoms with Crippen LogP contribution in [0.3, 0.4) is 0 Å². The molecule has 0 spiro atoms. The van der Waals surface area contributed by atoms with Gasteiger partial charge in [-0.3, -0.25) is 9.52 Å². The van der Waals surface area contributed by atoms with E-state index in [9.17, 15) is 13.2 Å². The number of nitrogens with zero attached hydrogens (tertiary/aromatic N) is 1. The lowest BCUT2D eigenvalue weighted by molar-refractivity contribution is -0.122. The molecule has 1 aliphatic heterocycles. The summed E-state index contributed by atoms with van der Waals surface area (Å²) in [5.41, 5.74) is 2.40. The zero-order chi connectivity index (χ0) is 19.0. The van der Waals surface area contributed by atoms with Crippen LogP contribution in [0.15, 0.2) is 51.8 Å². The second-order valence-corrected chi connectivity index (χ2v) is 9.72. The van der Waals surface area contributed by atoms with E-state index in [0.717, 1.165) is 47.8 Å². The minimum atomic E-state index is -3.68. The van der Waals surface area contributed by atoms with Gasteiger partial charge in [0.1, 0.15) is 0 Å².